The lowest BCUT2D eigenvalue weighted by atomic mass is 10.2. The molecule has 1 saturated heterocycles. The Morgan fingerprint density at radius 3 is 2.65 bits per heavy atom. The highest BCUT2D eigenvalue weighted by Crippen LogP contribution is 2.10. The van der Waals surface area contributed by atoms with Crippen molar-refractivity contribution in [3.05, 3.63) is 34.7 Å². The number of hydrogen-bond acceptors (Lipinski definition) is 2. The predicted octanol–water partition coefficient (Wildman–Crippen LogP) is 2.06. The molecule has 2 rings (SSSR count). The molecule has 0 spiro atoms. The molecule has 17 heavy (non-hydrogen) atoms. The fourth-order valence-corrected chi connectivity index (χ4v) is 1.53. The third-order valence-corrected chi connectivity index (χ3v) is 2.54. The van der Waals surface area contributed by atoms with E-state index in [1.165, 1.54) is 10.4 Å². The zero-order chi connectivity index (χ0) is 12.7. The van der Waals surface area contributed by atoms with Crippen LogP contribution in [0.25, 0.3) is 11.8 Å². The van der Waals surface area contributed by atoms with Crippen molar-refractivity contribution in [1.82, 2.24) is 0 Å². The molecule has 1 unspecified atom stereocenters. The fraction of sp³-hybridized carbons (Fsp3) is 0.467. The summed E-state index contributed by atoms with van der Waals surface area (Å²) in [5.41, 5.74) is 0. The van der Waals surface area contributed by atoms with Gasteiger partial charge in [0.05, 0.1) is 6.61 Å². The highest BCUT2D eigenvalue weighted by Gasteiger charge is 2.22. The van der Waals surface area contributed by atoms with Gasteiger partial charge in [0.2, 0.25) is 0 Å². The van der Waals surface area contributed by atoms with Crippen molar-refractivity contribution >= 4 is 11.8 Å². The molecule has 1 aromatic carbocycles. The largest absolute Gasteiger partial charge is 0.495 e. The summed E-state index contributed by atoms with van der Waals surface area (Å²) in [4.78, 5) is 0. The highest BCUT2D eigenvalue weighted by molar-refractivity contribution is 5.37. The van der Waals surface area contributed by atoms with Crippen molar-refractivity contribution in [3.63, 3.8) is 0 Å². The van der Waals surface area contributed by atoms with Crippen LogP contribution >= 0.6 is 0 Å². The van der Waals surface area contributed by atoms with E-state index in [4.69, 9.17) is 9.47 Å². The van der Waals surface area contributed by atoms with Gasteiger partial charge in [-0.05, 0) is 19.1 Å². The van der Waals surface area contributed by atoms with Crippen LogP contribution in [0.15, 0.2) is 24.3 Å². The van der Waals surface area contributed by atoms with E-state index in [9.17, 15) is 0 Å². The van der Waals surface area contributed by atoms with Crippen LogP contribution in [0.3, 0.4) is 0 Å². The van der Waals surface area contributed by atoms with Gasteiger partial charge in [0.15, 0.2) is 0 Å². The number of benzene rings is 1. The summed E-state index contributed by atoms with van der Waals surface area (Å²) in [6.07, 6.45) is 2.41. The zero-order valence-corrected chi connectivity index (χ0v) is 11.2. The number of hydrogen-bond donors (Lipinski definition) is 0. The number of rotatable bonds is 3. The van der Waals surface area contributed by atoms with E-state index in [2.05, 4.69) is 18.2 Å². The fourth-order valence-electron chi connectivity index (χ4n) is 1.53. The Kier molecular flexibility index (Phi) is 5.78. The van der Waals surface area contributed by atoms with Gasteiger partial charge in [-0.15, -0.1) is 0 Å². The van der Waals surface area contributed by atoms with Gasteiger partial charge in [-0.25, -0.2) is 0 Å². The predicted molar refractivity (Wildman–Crippen MR) is 72.0 cm³/mol. The van der Waals surface area contributed by atoms with Crippen molar-refractivity contribution in [2.45, 2.75) is 33.8 Å². The van der Waals surface area contributed by atoms with E-state index < -0.39 is 0 Å². The Balaban J connectivity index is 0.000000686. The first-order valence-corrected chi connectivity index (χ1v) is 6.28. The molecule has 1 aromatic rings. The molecule has 0 radical (unpaired) electrons. The summed E-state index contributed by atoms with van der Waals surface area (Å²) in [6.45, 7) is 9.56. The van der Waals surface area contributed by atoms with Gasteiger partial charge in [-0.2, -0.15) is 0 Å². The Labute approximate surface area is 104 Å². The Morgan fingerprint density at radius 2 is 2.06 bits per heavy atom. The first-order valence-electron chi connectivity index (χ1n) is 6.28. The van der Waals surface area contributed by atoms with Gasteiger partial charge < -0.3 is 9.47 Å². The second kappa shape index (κ2) is 7.13. The average molecular weight is 234 g/mol. The molecule has 0 bridgehead atoms. The lowest BCUT2D eigenvalue weighted by Crippen LogP contribution is -2.26. The first-order chi connectivity index (χ1) is 8.31. The molecular formula is C15H22O2. The second-order valence-electron chi connectivity index (χ2n) is 3.70. The maximum Gasteiger partial charge on any atom is 0.116 e. The maximum atomic E-state index is 5.67. The minimum absolute atomic E-state index is 0.317. The molecule has 0 aliphatic carbocycles. The van der Waals surface area contributed by atoms with Gasteiger partial charge in [0.25, 0.3) is 0 Å². The molecule has 0 N–H and O–H groups in total. The summed E-state index contributed by atoms with van der Waals surface area (Å²) < 4.78 is 10.8. The van der Waals surface area contributed by atoms with Crippen LogP contribution in [-0.2, 0) is 9.47 Å². The van der Waals surface area contributed by atoms with Crippen LogP contribution in [0.2, 0.25) is 0 Å². The molecular weight excluding hydrogens is 212 g/mol. The lowest BCUT2D eigenvalue weighted by molar-refractivity contribution is 0.228. The molecule has 0 saturated carbocycles. The minimum atomic E-state index is 0.317. The van der Waals surface area contributed by atoms with Gasteiger partial charge in [-0.1, -0.05) is 44.2 Å². The van der Waals surface area contributed by atoms with E-state index in [0.717, 1.165) is 12.4 Å². The van der Waals surface area contributed by atoms with E-state index in [0.29, 0.717) is 12.7 Å². The van der Waals surface area contributed by atoms with Crippen LogP contribution in [0.4, 0.5) is 0 Å². The highest BCUT2D eigenvalue weighted by atomic mass is 16.6. The minimum Gasteiger partial charge on any atom is -0.495 e. The number of epoxide rings is 1. The molecule has 1 aliphatic heterocycles. The van der Waals surface area contributed by atoms with Gasteiger partial charge in [0, 0.05) is 5.22 Å². The van der Waals surface area contributed by atoms with Crippen LogP contribution in [-0.4, -0.2) is 19.3 Å². The van der Waals surface area contributed by atoms with Crippen LogP contribution in [0.5, 0.6) is 0 Å². The summed E-state index contributed by atoms with van der Waals surface area (Å²) >= 11 is 0. The van der Waals surface area contributed by atoms with E-state index in [1.807, 2.05) is 39.8 Å². The monoisotopic (exact) mass is 234 g/mol. The smallest absolute Gasteiger partial charge is 0.116 e. The van der Waals surface area contributed by atoms with E-state index >= 15 is 0 Å². The lowest BCUT2D eigenvalue weighted by Gasteiger charge is -2.04. The molecule has 94 valence electrons. The molecule has 0 amide bonds. The van der Waals surface area contributed by atoms with Crippen molar-refractivity contribution in [1.29, 1.82) is 0 Å². The van der Waals surface area contributed by atoms with Crippen LogP contribution in [0, 0.1) is 0 Å². The second-order valence-corrected chi connectivity index (χ2v) is 3.70. The molecule has 1 heterocycles. The third kappa shape index (κ3) is 4.23. The van der Waals surface area contributed by atoms with Gasteiger partial charge >= 0.3 is 0 Å². The average Bonchev–Trinajstić information content (AvgIpc) is 3.22. The quantitative estimate of drug-likeness (QED) is 0.747. The van der Waals surface area contributed by atoms with E-state index in [-0.39, 0.29) is 0 Å². The van der Waals surface area contributed by atoms with E-state index in [1.54, 1.807) is 0 Å². The van der Waals surface area contributed by atoms with Crippen molar-refractivity contribution in [2.24, 2.45) is 0 Å². The van der Waals surface area contributed by atoms with Crippen molar-refractivity contribution < 1.29 is 9.47 Å². The molecule has 1 fully saturated rings. The topological polar surface area (TPSA) is 21.8 Å². The van der Waals surface area contributed by atoms with Gasteiger partial charge in [0.1, 0.15) is 18.5 Å². The summed E-state index contributed by atoms with van der Waals surface area (Å²) in [6, 6.07) is 8.24. The standard InChI is InChI=1S/C13H16O2.C2H6/c1-3-11-6-4-5-7-13(11)10(2)14-8-12-9-15-12;1-2/h3-7,12H,8-9H2,1-2H3;1-2H3/b11-3-,13-10+;. The third-order valence-electron chi connectivity index (χ3n) is 2.54. The van der Waals surface area contributed by atoms with Crippen molar-refractivity contribution in [2.75, 3.05) is 13.2 Å². The van der Waals surface area contributed by atoms with Crippen LogP contribution < -0.4 is 10.4 Å². The maximum absolute atomic E-state index is 5.67. The molecule has 1 aliphatic rings. The molecule has 0 aromatic heterocycles. The molecule has 2 heteroatoms. The zero-order valence-electron chi connectivity index (χ0n) is 11.2. The molecule has 1 atom stereocenters. The Morgan fingerprint density at radius 1 is 1.41 bits per heavy atom. The Hall–Kier alpha value is -1.28. The molecule has 2 nitrogen and oxygen atoms in total. The van der Waals surface area contributed by atoms with Crippen molar-refractivity contribution in [3.8, 4) is 0 Å². The summed E-state index contributed by atoms with van der Waals surface area (Å²) in [7, 11) is 0. The van der Waals surface area contributed by atoms with Crippen LogP contribution in [0.1, 0.15) is 27.7 Å². The number of ether oxygens (including phenoxy) is 2. The Bertz CT molecular complexity index is 444. The first kappa shape index (κ1) is 13.8. The normalized spacial score (nSPS) is 20.2. The summed E-state index contributed by atoms with van der Waals surface area (Å²) in [5, 5.41) is 2.38. The summed E-state index contributed by atoms with van der Waals surface area (Å²) in [5.74, 6) is 0.971. The van der Waals surface area contributed by atoms with Gasteiger partial charge in [-0.3, -0.25) is 0 Å². The SMILES string of the molecule is C/C=c1/cccc/c1=C(/C)OCC1CO1.CC.